The molecule has 0 saturated carbocycles. The van der Waals surface area contributed by atoms with Crippen LogP contribution in [0.4, 0.5) is 0 Å². The van der Waals surface area contributed by atoms with Gasteiger partial charge in [0.2, 0.25) is 15.5 Å². The minimum absolute atomic E-state index is 0.0185. The third kappa shape index (κ3) is 3.39. The van der Waals surface area contributed by atoms with Crippen molar-refractivity contribution in [3.05, 3.63) is 52.8 Å². The Bertz CT molecular complexity index is 787. The summed E-state index contributed by atoms with van der Waals surface area (Å²) in [6.07, 6.45) is 3.94. The second kappa shape index (κ2) is 6.39. The molecule has 0 spiro atoms. The van der Waals surface area contributed by atoms with Crippen molar-refractivity contribution >= 4 is 10.0 Å². The summed E-state index contributed by atoms with van der Waals surface area (Å²) in [5.41, 5.74) is -0.602. The number of aromatic nitrogens is 1. The fourth-order valence-electron chi connectivity index (χ4n) is 1.78. The van der Waals surface area contributed by atoms with Gasteiger partial charge < -0.3 is 9.40 Å². The number of sulfonamides is 1. The van der Waals surface area contributed by atoms with E-state index in [1.54, 1.807) is 12.1 Å². The van der Waals surface area contributed by atoms with Crippen molar-refractivity contribution in [2.45, 2.75) is 17.9 Å². The molecule has 7 nitrogen and oxygen atoms in total. The Morgan fingerprint density at radius 3 is 2.81 bits per heavy atom. The maximum atomic E-state index is 12.5. The molecule has 21 heavy (non-hydrogen) atoms. The molecule has 0 amide bonds. The lowest BCUT2D eigenvalue weighted by molar-refractivity contribution is 0.368. The normalized spacial score (nSPS) is 11.4. The molecule has 1 N–H and O–H groups in total. The molecule has 0 radical (unpaired) electrons. The van der Waals surface area contributed by atoms with E-state index in [2.05, 4.69) is 4.98 Å². The Hall–Kier alpha value is -2.37. The highest BCUT2D eigenvalue weighted by Gasteiger charge is 2.27. The summed E-state index contributed by atoms with van der Waals surface area (Å²) in [7, 11) is -4.00. The van der Waals surface area contributed by atoms with E-state index in [1.165, 1.54) is 12.5 Å². The van der Waals surface area contributed by atoms with Crippen molar-refractivity contribution in [1.29, 1.82) is 5.26 Å². The zero-order chi connectivity index (χ0) is 15.3. The maximum Gasteiger partial charge on any atom is 0.248 e. The standard InChI is InChI=1S/C13H13N3O4S/c14-5-2-7-16(10-11-3-1-8-20-11)21(18,19)13-9-15-6-4-12(13)17/h1,3-4,6,8-9H,2,7,10H2,(H,15,17). The molecule has 0 aliphatic carbocycles. The van der Waals surface area contributed by atoms with Crippen molar-refractivity contribution < 1.29 is 12.8 Å². The molecule has 0 bridgehead atoms. The molecule has 0 aliphatic rings. The number of aromatic amines is 1. The van der Waals surface area contributed by atoms with Crippen LogP contribution in [-0.4, -0.2) is 24.3 Å². The van der Waals surface area contributed by atoms with Crippen molar-refractivity contribution in [1.82, 2.24) is 9.29 Å². The van der Waals surface area contributed by atoms with Crippen molar-refractivity contribution in [3.8, 4) is 6.07 Å². The minimum Gasteiger partial charge on any atom is -0.468 e. The molecule has 2 aromatic heterocycles. The van der Waals surface area contributed by atoms with Crippen LogP contribution in [0.1, 0.15) is 12.2 Å². The van der Waals surface area contributed by atoms with E-state index < -0.39 is 15.5 Å². The number of hydrogen-bond acceptors (Lipinski definition) is 5. The number of nitrogens with one attached hydrogen (secondary N) is 1. The van der Waals surface area contributed by atoms with Gasteiger partial charge in [0.05, 0.1) is 18.9 Å². The van der Waals surface area contributed by atoms with E-state index in [0.29, 0.717) is 5.76 Å². The quantitative estimate of drug-likeness (QED) is 0.859. The van der Waals surface area contributed by atoms with Gasteiger partial charge in [-0.2, -0.15) is 9.57 Å². The van der Waals surface area contributed by atoms with Gasteiger partial charge in [-0.05, 0) is 12.1 Å². The van der Waals surface area contributed by atoms with Crippen LogP contribution in [0, 0.1) is 11.3 Å². The Balaban J connectivity index is 2.37. The highest BCUT2D eigenvalue weighted by atomic mass is 32.2. The van der Waals surface area contributed by atoms with Gasteiger partial charge in [-0.3, -0.25) is 4.79 Å². The summed E-state index contributed by atoms with van der Waals surface area (Å²) in [6, 6.07) is 6.30. The van der Waals surface area contributed by atoms with Crippen LogP contribution in [-0.2, 0) is 16.6 Å². The molecule has 0 aliphatic heterocycles. The minimum atomic E-state index is -4.00. The smallest absolute Gasteiger partial charge is 0.248 e. The molecule has 0 aromatic carbocycles. The Labute approximate surface area is 121 Å². The van der Waals surface area contributed by atoms with E-state index >= 15 is 0 Å². The first-order valence-electron chi connectivity index (χ1n) is 6.12. The lowest BCUT2D eigenvalue weighted by Gasteiger charge is -2.19. The first-order chi connectivity index (χ1) is 10.1. The van der Waals surface area contributed by atoms with Crippen LogP contribution >= 0.6 is 0 Å². The van der Waals surface area contributed by atoms with Crippen LogP contribution in [0.5, 0.6) is 0 Å². The van der Waals surface area contributed by atoms with Gasteiger partial charge in [0.1, 0.15) is 10.7 Å². The highest BCUT2D eigenvalue weighted by Crippen LogP contribution is 2.15. The monoisotopic (exact) mass is 307 g/mol. The topological polar surface area (TPSA) is 107 Å². The summed E-state index contributed by atoms with van der Waals surface area (Å²) in [4.78, 5) is 14.0. The zero-order valence-corrected chi connectivity index (χ0v) is 11.8. The molecule has 8 heteroatoms. The summed E-state index contributed by atoms with van der Waals surface area (Å²) >= 11 is 0. The van der Waals surface area contributed by atoms with Crippen molar-refractivity contribution in [2.24, 2.45) is 0 Å². The second-order valence-corrected chi connectivity index (χ2v) is 6.11. The van der Waals surface area contributed by atoms with E-state index in [4.69, 9.17) is 9.68 Å². The summed E-state index contributed by atoms with van der Waals surface area (Å²) < 4.78 is 31.3. The molecule has 2 heterocycles. The van der Waals surface area contributed by atoms with E-state index in [9.17, 15) is 13.2 Å². The number of furan rings is 1. The number of hydrogen-bond donors (Lipinski definition) is 1. The molecule has 0 fully saturated rings. The fraction of sp³-hybridized carbons (Fsp3) is 0.231. The summed E-state index contributed by atoms with van der Waals surface area (Å²) in [6.45, 7) is -0.0563. The van der Waals surface area contributed by atoms with Crippen LogP contribution in [0.25, 0.3) is 0 Å². The van der Waals surface area contributed by atoms with Gasteiger partial charge in [0, 0.05) is 31.4 Å². The highest BCUT2D eigenvalue weighted by molar-refractivity contribution is 7.89. The van der Waals surface area contributed by atoms with Crippen molar-refractivity contribution in [2.75, 3.05) is 6.54 Å². The van der Waals surface area contributed by atoms with E-state index in [-0.39, 0.29) is 24.4 Å². The first kappa shape index (κ1) is 15.0. The van der Waals surface area contributed by atoms with Gasteiger partial charge in [0.15, 0.2) is 0 Å². The zero-order valence-electron chi connectivity index (χ0n) is 11.0. The third-order valence-corrected chi connectivity index (χ3v) is 4.66. The van der Waals surface area contributed by atoms with Gasteiger partial charge in [0.25, 0.3) is 0 Å². The number of pyridine rings is 1. The number of nitriles is 1. The number of H-pyrrole nitrogens is 1. The lowest BCUT2D eigenvalue weighted by atomic mass is 10.4. The fourth-order valence-corrected chi connectivity index (χ4v) is 3.22. The van der Waals surface area contributed by atoms with Crippen LogP contribution < -0.4 is 5.43 Å². The third-order valence-electron chi connectivity index (χ3n) is 2.79. The molecule has 0 atom stereocenters. The predicted molar refractivity (Wildman–Crippen MR) is 73.6 cm³/mol. The Morgan fingerprint density at radius 2 is 2.19 bits per heavy atom. The second-order valence-electron chi connectivity index (χ2n) is 4.20. The SMILES string of the molecule is N#CCCN(Cc1ccco1)S(=O)(=O)c1c[nH]ccc1=O. The first-order valence-corrected chi connectivity index (χ1v) is 7.56. The van der Waals surface area contributed by atoms with Crippen LogP contribution in [0.15, 0.2) is 51.0 Å². The summed E-state index contributed by atoms with van der Waals surface area (Å²) in [5.74, 6) is 0.434. The number of rotatable bonds is 6. The summed E-state index contributed by atoms with van der Waals surface area (Å²) in [5, 5.41) is 8.67. The molecule has 0 unspecified atom stereocenters. The maximum absolute atomic E-state index is 12.5. The Morgan fingerprint density at radius 1 is 1.38 bits per heavy atom. The average Bonchev–Trinajstić information content (AvgIpc) is 2.96. The van der Waals surface area contributed by atoms with E-state index in [0.717, 1.165) is 16.6 Å². The van der Waals surface area contributed by atoms with Gasteiger partial charge in [-0.15, -0.1) is 0 Å². The average molecular weight is 307 g/mol. The van der Waals surface area contributed by atoms with Crippen LogP contribution in [0.2, 0.25) is 0 Å². The Kier molecular flexibility index (Phi) is 4.57. The van der Waals surface area contributed by atoms with Crippen molar-refractivity contribution in [3.63, 3.8) is 0 Å². The lowest BCUT2D eigenvalue weighted by Crippen LogP contribution is -2.34. The molecule has 2 rings (SSSR count). The number of nitrogens with zero attached hydrogens (tertiary/aromatic N) is 2. The van der Waals surface area contributed by atoms with Crippen LogP contribution in [0.3, 0.4) is 0 Å². The van der Waals surface area contributed by atoms with Gasteiger partial charge >= 0.3 is 0 Å². The molecule has 110 valence electrons. The molecule has 2 aromatic rings. The molecular weight excluding hydrogens is 294 g/mol. The predicted octanol–water partition coefficient (Wildman–Crippen LogP) is 1.07. The largest absolute Gasteiger partial charge is 0.468 e. The van der Waals surface area contributed by atoms with Gasteiger partial charge in [-0.1, -0.05) is 0 Å². The molecular formula is C13H13N3O4S. The van der Waals surface area contributed by atoms with Gasteiger partial charge in [-0.25, -0.2) is 8.42 Å². The van der Waals surface area contributed by atoms with E-state index in [1.807, 2.05) is 6.07 Å². The molecule has 0 saturated heterocycles.